The van der Waals surface area contributed by atoms with Gasteiger partial charge in [0.15, 0.2) is 0 Å². The predicted octanol–water partition coefficient (Wildman–Crippen LogP) is 0.764. The van der Waals surface area contributed by atoms with Crippen molar-refractivity contribution in [2.45, 2.75) is 13.5 Å². The van der Waals surface area contributed by atoms with Crippen molar-refractivity contribution in [1.29, 1.82) is 0 Å². The summed E-state index contributed by atoms with van der Waals surface area (Å²) in [6.45, 7) is 2.46. The molecule has 6 nitrogen and oxygen atoms in total. The highest BCUT2D eigenvalue weighted by molar-refractivity contribution is 7.09. The molecule has 0 fully saturated rings. The molecule has 0 saturated carbocycles. The molecule has 0 aliphatic heterocycles. The van der Waals surface area contributed by atoms with Crippen LogP contribution in [-0.2, 0) is 6.54 Å². The number of nitrogens with zero attached hydrogens (tertiary/aromatic N) is 3. The zero-order chi connectivity index (χ0) is 9.97. The summed E-state index contributed by atoms with van der Waals surface area (Å²) in [6, 6.07) is 0. The lowest BCUT2D eigenvalue weighted by Crippen LogP contribution is -2.00. The Kier molecular flexibility index (Phi) is 2.32. The maximum atomic E-state index is 5.62. The van der Waals surface area contributed by atoms with E-state index in [2.05, 4.69) is 24.9 Å². The zero-order valence-electron chi connectivity index (χ0n) is 7.61. The van der Waals surface area contributed by atoms with Crippen LogP contribution in [0, 0.1) is 6.92 Å². The number of rotatable bonds is 3. The summed E-state index contributed by atoms with van der Waals surface area (Å²) < 4.78 is 4.05. The number of aromatic nitrogens is 4. The summed E-state index contributed by atoms with van der Waals surface area (Å²) in [5, 5.41) is 10.4. The van der Waals surface area contributed by atoms with Crippen molar-refractivity contribution < 1.29 is 0 Å². The maximum Gasteiger partial charge on any atom is 0.202 e. The lowest BCUT2D eigenvalue weighted by atomic mass is 10.3. The Morgan fingerprint density at radius 1 is 1.64 bits per heavy atom. The highest BCUT2D eigenvalue weighted by atomic mass is 32.1. The highest BCUT2D eigenvalue weighted by Crippen LogP contribution is 2.13. The monoisotopic (exact) mass is 210 g/mol. The first-order valence-corrected chi connectivity index (χ1v) is 4.85. The van der Waals surface area contributed by atoms with E-state index in [4.69, 9.17) is 5.73 Å². The van der Waals surface area contributed by atoms with Crippen LogP contribution >= 0.6 is 11.5 Å². The smallest absolute Gasteiger partial charge is 0.202 e. The van der Waals surface area contributed by atoms with Gasteiger partial charge in [-0.1, -0.05) is 0 Å². The molecule has 0 aliphatic rings. The summed E-state index contributed by atoms with van der Waals surface area (Å²) in [5.41, 5.74) is 6.55. The fraction of sp³-hybridized carbons (Fsp3) is 0.286. The van der Waals surface area contributed by atoms with E-state index in [9.17, 15) is 0 Å². The number of aromatic amines is 1. The van der Waals surface area contributed by atoms with Crippen LogP contribution in [0.3, 0.4) is 0 Å². The van der Waals surface area contributed by atoms with Gasteiger partial charge in [-0.2, -0.15) is 9.47 Å². The molecule has 2 aromatic rings. The van der Waals surface area contributed by atoms with Crippen molar-refractivity contribution >= 4 is 22.5 Å². The van der Waals surface area contributed by atoms with E-state index in [1.54, 1.807) is 6.20 Å². The van der Waals surface area contributed by atoms with Crippen LogP contribution in [0.25, 0.3) is 0 Å². The van der Waals surface area contributed by atoms with Gasteiger partial charge in [-0.05, 0) is 6.92 Å². The van der Waals surface area contributed by atoms with E-state index in [1.165, 1.54) is 11.5 Å². The molecular formula is C7H10N6S. The van der Waals surface area contributed by atoms with Crippen molar-refractivity contribution in [3.8, 4) is 0 Å². The number of nitrogens with one attached hydrogen (secondary N) is 2. The molecule has 2 heterocycles. The minimum atomic E-state index is 0.582. The van der Waals surface area contributed by atoms with Crippen LogP contribution in [0.15, 0.2) is 6.20 Å². The molecule has 2 rings (SSSR count). The summed E-state index contributed by atoms with van der Waals surface area (Å²) in [4.78, 5) is 4.16. The lowest BCUT2D eigenvalue weighted by Gasteiger charge is -1.99. The molecule has 0 amide bonds. The summed E-state index contributed by atoms with van der Waals surface area (Å²) in [7, 11) is 0. The molecule has 14 heavy (non-hydrogen) atoms. The molecule has 2 aromatic heterocycles. The van der Waals surface area contributed by atoms with Crippen molar-refractivity contribution in [2.24, 2.45) is 0 Å². The van der Waals surface area contributed by atoms with Crippen molar-refractivity contribution in [2.75, 3.05) is 11.1 Å². The van der Waals surface area contributed by atoms with Crippen molar-refractivity contribution in [3.05, 3.63) is 17.6 Å². The van der Waals surface area contributed by atoms with Crippen molar-refractivity contribution in [3.63, 3.8) is 0 Å². The zero-order valence-corrected chi connectivity index (χ0v) is 8.43. The van der Waals surface area contributed by atoms with E-state index in [1.807, 2.05) is 6.92 Å². The summed E-state index contributed by atoms with van der Waals surface area (Å²) in [5.74, 6) is 1.36. The second-order valence-electron chi connectivity index (χ2n) is 2.81. The van der Waals surface area contributed by atoms with E-state index >= 15 is 0 Å². The van der Waals surface area contributed by atoms with Gasteiger partial charge in [0.1, 0.15) is 11.6 Å². The van der Waals surface area contributed by atoms with Gasteiger partial charge in [0.2, 0.25) is 5.13 Å². The molecular weight excluding hydrogens is 200 g/mol. The third-order valence-electron chi connectivity index (χ3n) is 1.71. The van der Waals surface area contributed by atoms with Crippen LogP contribution in [0.5, 0.6) is 0 Å². The molecule has 0 atom stereocenters. The SMILES string of the molecule is Cc1nsc(NCc2cn[nH]c2N)n1. The average Bonchev–Trinajstić information content (AvgIpc) is 2.72. The van der Waals surface area contributed by atoms with E-state index in [-0.39, 0.29) is 0 Å². The van der Waals surface area contributed by atoms with Gasteiger partial charge >= 0.3 is 0 Å². The number of nitrogen functional groups attached to an aromatic ring is 1. The number of aryl methyl sites for hydroxylation is 1. The topological polar surface area (TPSA) is 92.5 Å². The fourth-order valence-corrected chi connectivity index (χ4v) is 1.57. The molecule has 0 unspecified atom stereocenters. The van der Waals surface area contributed by atoms with E-state index < -0.39 is 0 Å². The van der Waals surface area contributed by atoms with Crippen molar-refractivity contribution in [1.82, 2.24) is 19.6 Å². The van der Waals surface area contributed by atoms with Crippen LogP contribution in [-0.4, -0.2) is 19.6 Å². The molecule has 0 spiro atoms. The first-order chi connectivity index (χ1) is 6.75. The predicted molar refractivity (Wildman–Crippen MR) is 55.0 cm³/mol. The van der Waals surface area contributed by atoms with E-state index in [0.29, 0.717) is 12.4 Å². The molecule has 0 radical (unpaired) electrons. The molecule has 4 N–H and O–H groups in total. The van der Waals surface area contributed by atoms with Gasteiger partial charge in [-0.15, -0.1) is 0 Å². The van der Waals surface area contributed by atoms with Gasteiger partial charge in [-0.25, -0.2) is 4.98 Å². The number of hydrogen-bond donors (Lipinski definition) is 3. The van der Waals surface area contributed by atoms with Gasteiger partial charge < -0.3 is 11.1 Å². The minimum absolute atomic E-state index is 0.582. The summed E-state index contributed by atoms with van der Waals surface area (Å²) >= 11 is 1.33. The van der Waals surface area contributed by atoms with Gasteiger partial charge in [0, 0.05) is 23.6 Å². The standard InChI is InChI=1S/C7H10N6S/c1-4-11-7(14-13-4)9-2-5-3-10-12-6(5)8/h3H,2H2,1H3,(H3,8,10,12)(H,9,11,13). The normalized spacial score (nSPS) is 10.4. The Morgan fingerprint density at radius 2 is 2.50 bits per heavy atom. The lowest BCUT2D eigenvalue weighted by molar-refractivity contribution is 1.10. The molecule has 0 bridgehead atoms. The first kappa shape index (κ1) is 8.95. The Balaban J connectivity index is 1.98. The molecule has 0 aromatic carbocycles. The second kappa shape index (κ2) is 3.62. The number of nitrogens with two attached hydrogens (primary N) is 1. The highest BCUT2D eigenvalue weighted by Gasteiger charge is 2.03. The number of anilines is 2. The number of hydrogen-bond acceptors (Lipinski definition) is 6. The van der Waals surface area contributed by atoms with Crippen LogP contribution < -0.4 is 11.1 Å². The Labute approximate surface area is 84.7 Å². The Bertz CT molecular complexity index is 419. The van der Waals surface area contributed by atoms with Gasteiger partial charge in [-0.3, -0.25) is 5.10 Å². The minimum Gasteiger partial charge on any atom is -0.384 e. The largest absolute Gasteiger partial charge is 0.384 e. The maximum absolute atomic E-state index is 5.62. The molecule has 7 heteroatoms. The fourth-order valence-electron chi connectivity index (χ4n) is 1.00. The van der Waals surface area contributed by atoms with Crippen LogP contribution in [0.1, 0.15) is 11.4 Å². The van der Waals surface area contributed by atoms with Crippen LogP contribution in [0.4, 0.5) is 10.9 Å². The average molecular weight is 210 g/mol. The van der Waals surface area contributed by atoms with Gasteiger partial charge in [0.05, 0.1) is 6.20 Å². The third-order valence-corrected chi connectivity index (χ3v) is 2.47. The molecule has 0 aliphatic carbocycles. The second-order valence-corrected chi connectivity index (χ2v) is 3.56. The number of H-pyrrole nitrogens is 1. The molecule has 0 saturated heterocycles. The van der Waals surface area contributed by atoms with Gasteiger partial charge in [0.25, 0.3) is 0 Å². The Hall–Kier alpha value is -1.63. The third kappa shape index (κ3) is 1.82. The van der Waals surface area contributed by atoms with E-state index in [0.717, 1.165) is 16.5 Å². The quantitative estimate of drug-likeness (QED) is 0.695. The van der Waals surface area contributed by atoms with Crippen LogP contribution in [0.2, 0.25) is 0 Å². The summed E-state index contributed by atoms with van der Waals surface area (Å²) in [6.07, 6.45) is 1.69. The Morgan fingerprint density at radius 3 is 3.07 bits per heavy atom. The molecule has 74 valence electrons. The first-order valence-electron chi connectivity index (χ1n) is 4.07.